The van der Waals surface area contributed by atoms with E-state index in [0.717, 1.165) is 24.2 Å². The molecular weight excluding hydrogens is 388 g/mol. The summed E-state index contributed by atoms with van der Waals surface area (Å²) in [6, 6.07) is 9.08. The molecule has 0 saturated carbocycles. The van der Waals surface area contributed by atoms with Crippen LogP contribution in [0.15, 0.2) is 44.9 Å². The van der Waals surface area contributed by atoms with Crippen molar-refractivity contribution in [3.63, 3.8) is 0 Å². The Kier molecular flexibility index (Phi) is 5.80. The van der Waals surface area contributed by atoms with E-state index in [1.807, 2.05) is 31.4 Å². The molecule has 1 atom stereocenters. The number of fused-ring (bicyclic) bond motifs is 1. The number of nitrogens with one attached hydrogen (secondary N) is 1. The number of rotatable bonds is 5. The smallest absolute Gasteiger partial charge is 0.287 e. The number of benzene rings is 1. The molecule has 0 spiro atoms. The summed E-state index contributed by atoms with van der Waals surface area (Å²) >= 11 is 1.67. The van der Waals surface area contributed by atoms with E-state index in [9.17, 15) is 9.59 Å². The third-order valence-corrected chi connectivity index (χ3v) is 6.43. The Labute approximate surface area is 173 Å². The maximum absolute atomic E-state index is 12.8. The maximum atomic E-state index is 12.8. The lowest BCUT2D eigenvalue weighted by Gasteiger charge is -2.34. The molecule has 29 heavy (non-hydrogen) atoms. The van der Waals surface area contributed by atoms with Crippen molar-refractivity contribution in [1.29, 1.82) is 0 Å². The Bertz CT molecular complexity index is 1070. The van der Waals surface area contributed by atoms with Crippen molar-refractivity contribution >= 4 is 28.2 Å². The molecule has 4 rings (SSSR count). The lowest BCUT2D eigenvalue weighted by atomic mass is 10.1. The Morgan fingerprint density at radius 2 is 2.03 bits per heavy atom. The van der Waals surface area contributed by atoms with Gasteiger partial charge in [0.15, 0.2) is 11.2 Å². The molecule has 152 valence electrons. The summed E-state index contributed by atoms with van der Waals surface area (Å²) in [5.41, 5.74) is 2.16. The summed E-state index contributed by atoms with van der Waals surface area (Å²) < 4.78 is 11.3. The number of nitrogens with zero attached hydrogens (tertiary/aromatic N) is 1. The fraction of sp³-hybridized carbons (Fsp3) is 0.364. The van der Waals surface area contributed by atoms with Crippen LogP contribution in [-0.4, -0.2) is 43.7 Å². The Balaban J connectivity index is 1.56. The van der Waals surface area contributed by atoms with Crippen LogP contribution in [0, 0.1) is 13.8 Å². The summed E-state index contributed by atoms with van der Waals surface area (Å²) in [4.78, 5) is 28.8. The minimum absolute atomic E-state index is 0.0445. The lowest BCUT2D eigenvalue weighted by Crippen LogP contribution is -2.43. The molecule has 7 heteroatoms. The van der Waals surface area contributed by atoms with E-state index in [4.69, 9.17) is 9.15 Å². The SMILES string of the molecule is Cc1ccc2c(=O)cc(C(=O)NC[C@@H](c3cccs3)N3CCOCC3)oc2c1C. The minimum Gasteiger partial charge on any atom is -0.450 e. The highest BCUT2D eigenvalue weighted by Crippen LogP contribution is 2.26. The second kappa shape index (κ2) is 8.49. The van der Waals surface area contributed by atoms with Crippen molar-refractivity contribution in [2.45, 2.75) is 19.9 Å². The zero-order valence-corrected chi connectivity index (χ0v) is 17.4. The largest absolute Gasteiger partial charge is 0.450 e. The number of ether oxygens (including phenoxy) is 1. The predicted octanol–water partition coefficient (Wildman–Crippen LogP) is 3.27. The first kappa shape index (κ1) is 19.8. The number of thiophene rings is 1. The fourth-order valence-corrected chi connectivity index (χ4v) is 4.48. The van der Waals surface area contributed by atoms with Crippen molar-refractivity contribution in [2.24, 2.45) is 0 Å². The third-order valence-electron chi connectivity index (χ3n) is 5.45. The number of aryl methyl sites for hydroxylation is 2. The van der Waals surface area contributed by atoms with E-state index in [1.165, 1.54) is 10.9 Å². The number of amides is 1. The second-order valence-corrected chi connectivity index (χ2v) is 8.23. The van der Waals surface area contributed by atoms with Gasteiger partial charge < -0.3 is 14.5 Å². The molecule has 0 bridgehead atoms. The van der Waals surface area contributed by atoms with Gasteiger partial charge in [-0.2, -0.15) is 0 Å². The standard InChI is InChI=1S/C22H24N2O4S/c1-14-5-6-16-18(25)12-19(28-21(16)15(14)2)22(26)23-13-17(20-4-3-11-29-20)24-7-9-27-10-8-24/h3-6,11-12,17H,7-10,13H2,1-2H3,(H,23,26)/t17-/m0/s1. The first-order valence-corrected chi connectivity index (χ1v) is 10.6. The fourth-order valence-electron chi connectivity index (χ4n) is 3.62. The van der Waals surface area contributed by atoms with Gasteiger partial charge in [0.25, 0.3) is 5.91 Å². The van der Waals surface area contributed by atoms with E-state index < -0.39 is 0 Å². The molecule has 0 radical (unpaired) electrons. The van der Waals surface area contributed by atoms with Gasteiger partial charge in [-0.1, -0.05) is 12.1 Å². The molecule has 0 aliphatic carbocycles. The average Bonchev–Trinajstić information content (AvgIpc) is 3.26. The number of hydrogen-bond donors (Lipinski definition) is 1. The van der Waals surface area contributed by atoms with Crippen LogP contribution < -0.4 is 10.7 Å². The van der Waals surface area contributed by atoms with E-state index in [1.54, 1.807) is 17.4 Å². The van der Waals surface area contributed by atoms with Gasteiger partial charge in [-0.25, -0.2) is 0 Å². The molecule has 6 nitrogen and oxygen atoms in total. The highest BCUT2D eigenvalue weighted by Gasteiger charge is 2.24. The predicted molar refractivity (Wildman–Crippen MR) is 114 cm³/mol. The Hall–Kier alpha value is -2.48. The van der Waals surface area contributed by atoms with Crippen molar-refractivity contribution in [3.05, 3.63) is 67.7 Å². The van der Waals surface area contributed by atoms with Crippen LogP contribution in [0.25, 0.3) is 11.0 Å². The van der Waals surface area contributed by atoms with Gasteiger partial charge in [0.05, 0.1) is 24.6 Å². The van der Waals surface area contributed by atoms with E-state index >= 15 is 0 Å². The molecule has 0 unspecified atom stereocenters. The molecule has 3 aromatic rings. The number of carbonyl (C=O) groups excluding carboxylic acids is 1. The van der Waals surface area contributed by atoms with Gasteiger partial charge in [0, 0.05) is 30.6 Å². The van der Waals surface area contributed by atoms with Crippen molar-refractivity contribution in [3.8, 4) is 0 Å². The third kappa shape index (κ3) is 4.12. The molecule has 1 aliphatic heterocycles. The van der Waals surface area contributed by atoms with Crippen molar-refractivity contribution in [1.82, 2.24) is 10.2 Å². The average molecular weight is 413 g/mol. The van der Waals surface area contributed by atoms with Gasteiger partial charge in [-0.3, -0.25) is 14.5 Å². The van der Waals surface area contributed by atoms with E-state index in [0.29, 0.717) is 30.7 Å². The highest BCUT2D eigenvalue weighted by molar-refractivity contribution is 7.10. The maximum Gasteiger partial charge on any atom is 0.287 e. The molecule has 1 fully saturated rings. The van der Waals surface area contributed by atoms with Crippen LogP contribution >= 0.6 is 11.3 Å². The van der Waals surface area contributed by atoms with Gasteiger partial charge >= 0.3 is 0 Å². The van der Waals surface area contributed by atoms with Gasteiger partial charge in [0.2, 0.25) is 0 Å². The molecular formula is C22H24N2O4S. The molecule has 3 heterocycles. The van der Waals surface area contributed by atoms with E-state index in [-0.39, 0.29) is 23.1 Å². The summed E-state index contributed by atoms with van der Waals surface area (Å²) in [5.74, 6) is -0.331. The monoisotopic (exact) mass is 412 g/mol. The number of hydrogen-bond acceptors (Lipinski definition) is 6. The van der Waals surface area contributed by atoms with E-state index in [2.05, 4.69) is 16.3 Å². The quantitative estimate of drug-likeness (QED) is 0.696. The van der Waals surface area contributed by atoms with Crippen LogP contribution in [0.1, 0.15) is 32.6 Å². The molecule has 2 aromatic heterocycles. The first-order chi connectivity index (χ1) is 14.0. The molecule has 1 saturated heterocycles. The zero-order chi connectivity index (χ0) is 20.4. The number of morpholine rings is 1. The Morgan fingerprint density at radius 1 is 1.24 bits per heavy atom. The summed E-state index contributed by atoms with van der Waals surface area (Å²) in [7, 11) is 0. The second-order valence-electron chi connectivity index (χ2n) is 7.25. The zero-order valence-electron chi connectivity index (χ0n) is 16.6. The lowest BCUT2D eigenvalue weighted by molar-refractivity contribution is 0.0168. The highest BCUT2D eigenvalue weighted by atomic mass is 32.1. The van der Waals surface area contributed by atoms with Gasteiger partial charge in [0.1, 0.15) is 5.58 Å². The molecule has 1 N–H and O–H groups in total. The Morgan fingerprint density at radius 3 is 2.76 bits per heavy atom. The van der Waals surface area contributed by atoms with Crippen LogP contribution in [0.2, 0.25) is 0 Å². The molecule has 1 aliphatic rings. The van der Waals surface area contributed by atoms with Gasteiger partial charge in [-0.05, 0) is 42.5 Å². The summed E-state index contributed by atoms with van der Waals surface area (Å²) in [6.07, 6.45) is 0. The minimum atomic E-state index is -0.375. The van der Waals surface area contributed by atoms with Crippen molar-refractivity contribution in [2.75, 3.05) is 32.8 Å². The summed E-state index contributed by atoms with van der Waals surface area (Å²) in [6.45, 7) is 7.31. The van der Waals surface area contributed by atoms with Gasteiger partial charge in [-0.15, -0.1) is 11.3 Å². The van der Waals surface area contributed by atoms with Crippen LogP contribution in [0.3, 0.4) is 0 Å². The normalized spacial score (nSPS) is 16.1. The topological polar surface area (TPSA) is 71.8 Å². The molecule has 1 amide bonds. The van der Waals surface area contributed by atoms with Crippen molar-refractivity contribution < 1.29 is 13.9 Å². The van der Waals surface area contributed by atoms with Crippen LogP contribution in [-0.2, 0) is 4.74 Å². The number of carbonyl (C=O) groups is 1. The molecule has 1 aromatic carbocycles. The summed E-state index contributed by atoms with van der Waals surface area (Å²) in [5, 5.41) is 5.50. The first-order valence-electron chi connectivity index (χ1n) is 9.72. The van der Waals surface area contributed by atoms with Crippen LogP contribution in [0.4, 0.5) is 0 Å². The van der Waals surface area contributed by atoms with Crippen LogP contribution in [0.5, 0.6) is 0 Å².